The molecule has 2 N–H and O–H groups in total. The van der Waals surface area contributed by atoms with E-state index in [2.05, 4.69) is 5.32 Å². The number of carboxylic acid groups (broad SMARTS) is 1. The standard InChI is InChI=1S/C18H21NO4/c1-11(16(20)21)19-14-10-9-12-7-5-6-8-13(12)15(14)17(22)23-18(2,3)4/h5-11,19H,1-4H3,(H,20,21)/t11-/m0/s1. The average Bonchev–Trinajstić information content (AvgIpc) is 2.44. The fourth-order valence-electron chi connectivity index (χ4n) is 2.24. The van der Waals surface area contributed by atoms with Crippen molar-refractivity contribution in [3.05, 3.63) is 42.0 Å². The molecule has 0 heterocycles. The molecule has 0 aromatic heterocycles. The van der Waals surface area contributed by atoms with Crippen LogP contribution in [0.4, 0.5) is 5.69 Å². The van der Waals surface area contributed by atoms with Crippen molar-refractivity contribution in [1.82, 2.24) is 0 Å². The molecule has 2 aromatic carbocycles. The number of nitrogens with one attached hydrogen (secondary N) is 1. The van der Waals surface area contributed by atoms with Gasteiger partial charge < -0.3 is 15.2 Å². The molecule has 0 unspecified atom stereocenters. The first-order valence-electron chi connectivity index (χ1n) is 7.43. The average molecular weight is 315 g/mol. The van der Waals surface area contributed by atoms with E-state index in [1.165, 1.54) is 6.92 Å². The molecule has 122 valence electrons. The first-order valence-corrected chi connectivity index (χ1v) is 7.43. The minimum Gasteiger partial charge on any atom is -0.480 e. The molecule has 0 aliphatic heterocycles. The van der Waals surface area contributed by atoms with E-state index in [9.17, 15) is 9.59 Å². The van der Waals surface area contributed by atoms with E-state index in [-0.39, 0.29) is 0 Å². The molecule has 5 heteroatoms. The van der Waals surface area contributed by atoms with E-state index in [0.717, 1.165) is 10.8 Å². The van der Waals surface area contributed by atoms with Gasteiger partial charge in [-0.1, -0.05) is 30.3 Å². The first-order chi connectivity index (χ1) is 10.7. The van der Waals surface area contributed by atoms with Gasteiger partial charge in [-0.2, -0.15) is 0 Å². The molecule has 0 spiro atoms. The maximum atomic E-state index is 12.6. The van der Waals surface area contributed by atoms with Crippen molar-refractivity contribution in [2.24, 2.45) is 0 Å². The molecule has 0 radical (unpaired) electrons. The number of hydrogen-bond donors (Lipinski definition) is 2. The van der Waals surface area contributed by atoms with Gasteiger partial charge in [-0.3, -0.25) is 4.79 Å². The number of carbonyl (C=O) groups is 2. The zero-order valence-corrected chi connectivity index (χ0v) is 13.7. The molecule has 0 amide bonds. The van der Waals surface area contributed by atoms with Gasteiger partial charge in [0, 0.05) is 0 Å². The third-order valence-corrected chi connectivity index (χ3v) is 3.27. The van der Waals surface area contributed by atoms with Gasteiger partial charge in [-0.15, -0.1) is 0 Å². The molecule has 0 bridgehead atoms. The molecule has 0 saturated carbocycles. The lowest BCUT2D eigenvalue weighted by Crippen LogP contribution is -2.28. The van der Waals surface area contributed by atoms with Crippen LogP contribution in [0.25, 0.3) is 10.8 Å². The summed E-state index contributed by atoms with van der Waals surface area (Å²) in [6, 6.07) is 10.2. The van der Waals surface area contributed by atoms with Crippen molar-refractivity contribution in [3.8, 4) is 0 Å². The monoisotopic (exact) mass is 315 g/mol. The normalized spacial score (nSPS) is 12.7. The second-order valence-electron chi connectivity index (χ2n) is 6.42. The summed E-state index contributed by atoms with van der Waals surface area (Å²) in [4.78, 5) is 23.7. The largest absolute Gasteiger partial charge is 0.480 e. The molecule has 2 rings (SSSR count). The van der Waals surface area contributed by atoms with Crippen molar-refractivity contribution in [3.63, 3.8) is 0 Å². The van der Waals surface area contributed by atoms with Gasteiger partial charge >= 0.3 is 11.9 Å². The fourth-order valence-corrected chi connectivity index (χ4v) is 2.24. The maximum absolute atomic E-state index is 12.6. The van der Waals surface area contributed by atoms with Crippen LogP contribution >= 0.6 is 0 Å². The maximum Gasteiger partial charge on any atom is 0.341 e. The zero-order valence-electron chi connectivity index (χ0n) is 13.7. The van der Waals surface area contributed by atoms with Crippen LogP contribution in [0.1, 0.15) is 38.1 Å². The van der Waals surface area contributed by atoms with Gasteiger partial charge in [0.2, 0.25) is 0 Å². The van der Waals surface area contributed by atoms with Crippen molar-refractivity contribution < 1.29 is 19.4 Å². The summed E-state index contributed by atoms with van der Waals surface area (Å²) in [5.74, 6) is -1.47. The summed E-state index contributed by atoms with van der Waals surface area (Å²) in [6.45, 7) is 6.91. The van der Waals surface area contributed by atoms with Gasteiger partial charge in [0.15, 0.2) is 0 Å². The predicted octanol–water partition coefficient (Wildman–Crippen LogP) is 3.68. The lowest BCUT2D eigenvalue weighted by Gasteiger charge is -2.22. The van der Waals surface area contributed by atoms with E-state index in [1.807, 2.05) is 30.3 Å². The minimum atomic E-state index is -0.992. The Morgan fingerprint density at radius 3 is 2.39 bits per heavy atom. The van der Waals surface area contributed by atoms with Crippen LogP contribution in [-0.4, -0.2) is 28.7 Å². The summed E-state index contributed by atoms with van der Waals surface area (Å²) in [7, 11) is 0. The number of anilines is 1. The predicted molar refractivity (Wildman–Crippen MR) is 89.8 cm³/mol. The number of benzene rings is 2. The number of carbonyl (C=O) groups excluding carboxylic acids is 1. The second-order valence-corrected chi connectivity index (χ2v) is 6.42. The Morgan fingerprint density at radius 1 is 1.13 bits per heavy atom. The Bertz CT molecular complexity index is 746. The summed E-state index contributed by atoms with van der Waals surface area (Å²) >= 11 is 0. The topological polar surface area (TPSA) is 75.6 Å². The highest BCUT2D eigenvalue weighted by molar-refractivity contribution is 6.09. The SMILES string of the molecule is C[C@H](Nc1ccc2ccccc2c1C(=O)OC(C)(C)C)C(=O)O. The van der Waals surface area contributed by atoms with Crippen LogP contribution in [0.2, 0.25) is 0 Å². The van der Waals surface area contributed by atoms with Crippen LogP contribution in [0.3, 0.4) is 0 Å². The third kappa shape index (κ3) is 4.00. The number of aliphatic carboxylic acids is 1. The van der Waals surface area contributed by atoms with Gasteiger partial charge in [0.05, 0.1) is 11.3 Å². The Balaban J connectivity index is 2.56. The van der Waals surface area contributed by atoms with E-state index >= 15 is 0 Å². The van der Waals surface area contributed by atoms with Crippen LogP contribution in [-0.2, 0) is 9.53 Å². The molecule has 1 atom stereocenters. The zero-order chi connectivity index (χ0) is 17.2. The number of carboxylic acids is 1. The molecular weight excluding hydrogens is 294 g/mol. The van der Waals surface area contributed by atoms with Crippen LogP contribution < -0.4 is 5.32 Å². The van der Waals surface area contributed by atoms with E-state index < -0.39 is 23.6 Å². The summed E-state index contributed by atoms with van der Waals surface area (Å²) < 4.78 is 5.49. The Labute approximate surface area is 135 Å². The number of ether oxygens (including phenoxy) is 1. The highest BCUT2D eigenvalue weighted by atomic mass is 16.6. The Kier molecular flexibility index (Phi) is 4.59. The molecule has 0 aliphatic rings. The lowest BCUT2D eigenvalue weighted by atomic mass is 10.0. The highest BCUT2D eigenvalue weighted by Gasteiger charge is 2.24. The van der Waals surface area contributed by atoms with Gasteiger partial charge in [0.1, 0.15) is 11.6 Å². The van der Waals surface area contributed by atoms with E-state index in [4.69, 9.17) is 9.84 Å². The van der Waals surface area contributed by atoms with Gasteiger partial charge in [-0.05, 0) is 44.5 Å². The van der Waals surface area contributed by atoms with Crippen molar-refractivity contribution in [2.45, 2.75) is 39.3 Å². The fraction of sp³-hybridized carbons (Fsp3) is 0.333. The summed E-state index contributed by atoms with van der Waals surface area (Å²) in [6.07, 6.45) is 0. The first kappa shape index (κ1) is 16.8. The van der Waals surface area contributed by atoms with Crippen molar-refractivity contribution in [1.29, 1.82) is 0 Å². The van der Waals surface area contributed by atoms with Crippen LogP contribution in [0.5, 0.6) is 0 Å². The Hall–Kier alpha value is -2.56. The molecular formula is C18H21NO4. The van der Waals surface area contributed by atoms with Gasteiger partial charge in [0.25, 0.3) is 0 Å². The minimum absolute atomic E-state index is 0.353. The van der Waals surface area contributed by atoms with E-state index in [0.29, 0.717) is 11.3 Å². The molecule has 5 nitrogen and oxygen atoms in total. The molecule has 0 aliphatic carbocycles. The summed E-state index contributed by atoms with van der Waals surface area (Å²) in [5.41, 5.74) is 0.169. The highest BCUT2D eigenvalue weighted by Crippen LogP contribution is 2.29. The Morgan fingerprint density at radius 2 is 1.78 bits per heavy atom. The van der Waals surface area contributed by atoms with E-state index in [1.54, 1.807) is 26.8 Å². The molecule has 0 saturated heterocycles. The second kappa shape index (κ2) is 6.28. The number of fused-ring (bicyclic) bond motifs is 1. The smallest absolute Gasteiger partial charge is 0.341 e. The third-order valence-electron chi connectivity index (χ3n) is 3.27. The lowest BCUT2D eigenvalue weighted by molar-refractivity contribution is -0.137. The number of rotatable bonds is 4. The van der Waals surface area contributed by atoms with Crippen molar-refractivity contribution >= 4 is 28.4 Å². The summed E-state index contributed by atoms with van der Waals surface area (Å²) in [5, 5.41) is 13.6. The van der Waals surface area contributed by atoms with Crippen LogP contribution in [0.15, 0.2) is 36.4 Å². The molecule has 0 fully saturated rings. The molecule has 23 heavy (non-hydrogen) atoms. The van der Waals surface area contributed by atoms with Crippen LogP contribution in [0, 0.1) is 0 Å². The van der Waals surface area contributed by atoms with Gasteiger partial charge in [-0.25, -0.2) is 4.79 Å². The quantitative estimate of drug-likeness (QED) is 0.842. The van der Waals surface area contributed by atoms with Crippen molar-refractivity contribution in [2.75, 3.05) is 5.32 Å². The number of hydrogen-bond acceptors (Lipinski definition) is 4. The number of esters is 1. The molecule has 2 aromatic rings.